The minimum Gasteiger partial charge on any atom is -0.392 e. The van der Waals surface area contributed by atoms with Gasteiger partial charge in [0.2, 0.25) is 0 Å². The monoisotopic (exact) mass is 303 g/mol. The Morgan fingerprint density at radius 1 is 1.36 bits per heavy atom. The third-order valence-corrected chi connectivity index (χ3v) is 5.47. The molecule has 1 amide bonds. The number of rotatable bonds is 3. The SMILES string of the molecule is CCOC1CC(O)C12CCN(C(=O)c1ccccc1C)CC2. The van der Waals surface area contributed by atoms with Crippen molar-refractivity contribution < 1.29 is 14.6 Å². The maximum absolute atomic E-state index is 12.7. The zero-order valence-electron chi connectivity index (χ0n) is 13.4. The van der Waals surface area contributed by atoms with Gasteiger partial charge in [0.25, 0.3) is 5.91 Å². The Morgan fingerprint density at radius 2 is 2.05 bits per heavy atom. The Kier molecular flexibility index (Phi) is 4.24. The van der Waals surface area contributed by atoms with Gasteiger partial charge in [0.15, 0.2) is 0 Å². The van der Waals surface area contributed by atoms with E-state index < -0.39 is 0 Å². The summed E-state index contributed by atoms with van der Waals surface area (Å²) in [6.07, 6.45) is 2.27. The van der Waals surface area contributed by atoms with E-state index in [1.807, 2.05) is 43.0 Å². The second kappa shape index (κ2) is 6.01. The molecule has 0 radical (unpaired) electrons. The predicted octanol–water partition coefficient (Wildman–Crippen LogP) is 2.39. The van der Waals surface area contributed by atoms with Crippen molar-refractivity contribution in [3.05, 3.63) is 35.4 Å². The zero-order valence-corrected chi connectivity index (χ0v) is 13.4. The summed E-state index contributed by atoms with van der Waals surface area (Å²) in [4.78, 5) is 14.6. The lowest BCUT2D eigenvalue weighted by Gasteiger charge is -2.56. The van der Waals surface area contributed by atoms with Gasteiger partial charge in [-0.1, -0.05) is 18.2 Å². The van der Waals surface area contributed by atoms with Gasteiger partial charge < -0.3 is 14.7 Å². The van der Waals surface area contributed by atoms with Crippen LogP contribution >= 0.6 is 0 Å². The molecule has 1 heterocycles. The van der Waals surface area contributed by atoms with Crippen molar-refractivity contribution in [2.75, 3.05) is 19.7 Å². The summed E-state index contributed by atoms with van der Waals surface area (Å²) in [5.41, 5.74) is 1.68. The van der Waals surface area contributed by atoms with Crippen LogP contribution in [-0.2, 0) is 4.74 Å². The van der Waals surface area contributed by atoms with Crippen molar-refractivity contribution >= 4 is 5.91 Å². The molecule has 1 aromatic carbocycles. The van der Waals surface area contributed by atoms with E-state index in [1.54, 1.807) is 0 Å². The molecule has 0 aromatic heterocycles. The average molecular weight is 303 g/mol. The third-order valence-electron chi connectivity index (χ3n) is 5.47. The number of nitrogens with zero attached hydrogens (tertiary/aromatic N) is 1. The molecule has 0 bridgehead atoms. The summed E-state index contributed by atoms with van der Waals surface area (Å²) in [5.74, 6) is 0.106. The van der Waals surface area contributed by atoms with Crippen molar-refractivity contribution in [1.29, 1.82) is 0 Å². The summed E-state index contributed by atoms with van der Waals surface area (Å²) < 4.78 is 5.78. The van der Waals surface area contributed by atoms with Crippen molar-refractivity contribution in [2.45, 2.75) is 45.3 Å². The molecule has 1 N–H and O–H groups in total. The molecule has 2 unspecified atom stereocenters. The first kappa shape index (κ1) is 15.5. The highest BCUT2D eigenvalue weighted by molar-refractivity contribution is 5.95. The van der Waals surface area contributed by atoms with E-state index in [-0.39, 0.29) is 23.5 Å². The molecule has 22 heavy (non-hydrogen) atoms. The Morgan fingerprint density at radius 3 is 2.64 bits per heavy atom. The molecule has 1 saturated heterocycles. The van der Waals surface area contributed by atoms with Crippen LogP contribution in [0.1, 0.15) is 42.1 Å². The maximum atomic E-state index is 12.7. The fraction of sp³-hybridized carbons (Fsp3) is 0.611. The summed E-state index contributed by atoms with van der Waals surface area (Å²) in [6, 6.07) is 7.73. The number of likely N-dealkylation sites (tertiary alicyclic amines) is 1. The van der Waals surface area contributed by atoms with E-state index in [0.717, 1.165) is 30.4 Å². The molecule has 1 aliphatic heterocycles. The van der Waals surface area contributed by atoms with E-state index in [9.17, 15) is 9.90 Å². The number of hydrogen-bond acceptors (Lipinski definition) is 3. The lowest BCUT2D eigenvalue weighted by Crippen LogP contribution is -2.62. The number of ether oxygens (including phenoxy) is 1. The minimum absolute atomic E-state index is 0.106. The molecule has 4 heteroatoms. The summed E-state index contributed by atoms with van der Waals surface area (Å²) in [7, 11) is 0. The maximum Gasteiger partial charge on any atom is 0.254 e. The molecule has 3 rings (SSSR count). The van der Waals surface area contributed by atoms with E-state index in [4.69, 9.17) is 4.74 Å². The van der Waals surface area contributed by atoms with Gasteiger partial charge >= 0.3 is 0 Å². The molecule has 1 saturated carbocycles. The topological polar surface area (TPSA) is 49.8 Å². The largest absolute Gasteiger partial charge is 0.392 e. The van der Waals surface area contributed by atoms with Crippen LogP contribution in [0, 0.1) is 12.3 Å². The smallest absolute Gasteiger partial charge is 0.254 e. The van der Waals surface area contributed by atoms with Gasteiger partial charge in [0.1, 0.15) is 0 Å². The van der Waals surface area contributed by atoms with Gasteiger partial charge in [-0.05, 0) is 38.3 Å². The quantitative estimate of drug-likeness (QED) is 0.933. The van der Waals surface area contributed by atoms with E-state index in [2.05, 4.69) is 0 Å². The van der Waals surface area contributed by atoms with Gasteiger partial charge in [-0.25, -0.2) is 0 Å². The van der Waals surface area contributed by atoms with Crippen molar-refractivity contribution in [1.82, 2.24) is 4.90 Å². The Balaban J connectivity index is 1.67. The van der Waals surface area contributed by atoms with Crippen LogP contribution < -0.4 is 0 Å². The highest BCUT2D eigenvalue weighted by Crippen LogP contribution is 2.51. The minimum atomic E-state index is -0.278. The van der Waals surface area contributed by atoms with E-state index in [1.165, 1.54) is 0 Å². The predicted molar refractivity (Wildman–Crippen MR) is 84.8 cm³/mol. The Bertz CT molecular complexity index is 547. The number of aryl methyl sites for hydroxylation is 1. The van der Waals surface area contributed by atoms with Crippen molar-refractivity contribution in [3.8, 4) is 0 Å². The van der Waals surface area contributed by atoms with Gasteiger partial charge in [-0.2, -0.15) is 0 Å². The van der Waals surface area contributed by atoms with Gasteiger partial charge in [0.05, 0.1) is 12.2 Å². The van der Waals surface area contributed by atoms with Crippen molar-refractivity contribution in [2.24, 2.45) is 5.41 Å². The zero-order chi connectivity index (χ0) is 15.7. The summed E-state index contributed by atoms with van der Waals surface area (Å²) in [6.45, 7) is 6.06. The van der Waals surface area contributed by atoms with Crippen LogP contribution in [0.15, 0.2) is 24.3 Å². The second-order valence-electron chi connectivity index (χ2n) is 6.54. The Labute approximate surface area is 132 Å². The molecule has 1 spiro atoms. The number of benzene rings is 1. The average Bonchev–Trinajstić information content (AvgIpc) is 2.55. The highest BCUT2D eigenvalue weighted by Gasteiger charge is 2.56. The standard InChI is InChI=1S/C18H25NO3/c1-3-22-16-12-15(20)18(16)8-10-19(11-9-18)17(21)14-7-5-4-6-13(14)2/h4-7,15-16,20H,3,8-12H2,1-2H3. The number of carbonyl (C=O) groups excluding carboxylic acids is 1. The fourth-order valence-corrected chi connectivity index (χ4v) is 3.93. The molecule has 2 fully saturated rings. The Hall–Kier alpha value is -1.39. The van der Waals surface area contributed by atoms with Crippen LogP contribution in [0.5, 0.6) is 0 Å². The number of aliphatic hydroxyl groups excluding tert-OH is 1. The van der Waals surface area contributed by atoms with Crippen molar-refractivity contribution in [3.63, 3.8) is 0 Å². The van der Waals surface area contributed by atoms with E-state index >= 15 is 0 Å². The molecule has 2 atom stereocenters. The number of amides is 1. The number of hydrogen-bond donors (Lipinski definition) is 1. The molecule has 2 aliphatic rings. The highest BCUT2D eigenvalue weighted by atomic mass is 16.5. The fourth-order valence-electron chi connectivity index (χ4n) is 3.93. The van der Waals surface area contributed by atoms with Crippen LogP contribution in [0.2, 0.25) is 0 Å². The van der Waals surface area contributed by atoms with E-state index in [0.29, 0.717) is 19.7 Å². The number of carbonyl (C=O) groups is 1. The summed E-state index contributed by atoms with van der Waals surface area (Å²) >= 11 is 0. The lowest BCUT2D eigenvalue weighted by atomic mass is 9.58. The first-order valence-electron chi connectivity index (χ1n) is 8.23. The van der Waals surface area contributed by atoms with Crippen LogP contribution in [-0.4, -0.2) is 47.8 Å². The van der Waals surface area contributed by atoms with Crippen LogP contribution in [0.3, 0.4) is 0 Å². The molecule has 4 nitrogen and oxygen atoms in total. The van der Waals surface area contributed by atoms with Crippen LogP contribution in [0.25, 0.3) is 0 Å². The van der Waals surface area contributed by atoms with Crippen LogP contribution in [0.4, 0.5) is 0 Å². The van der Waals surface area contributed by atoms with Gasteiger partial charge in [0, 0.05) is 37.1 Å². The first-order valence-corrected chi connectivity index (χ1v) is 8.23. The third kappa shape index (κ3) is 2.44. The van der Waals surface area contributed by atoms with Gasteiger partial charge in [-0.15, -0.1) is 0 Å². The molecular weight excluding hydrogens is 278 g/mol. The molecule has 120 valence electrons. The van der Waals surface area contributed by atoms with Gasteiger partial charge in [-0.3, -0.25) is 4.79 Å². The normalized spacial score (nSPS) is 26.8. The first-order chi connectivity index (χ1) is 10.6. The number of aliphatic hydroxyl groups is 1. The molecular formula is C18H25NO3. The second-order valence-corrected chi connectivity index (χ2v) is 6.54. The lowest BCUT2D eigenvalue weighted by molar-refractivity contribution is -0.207. The molecule has 1 aliphatic carbocycles. The number of piperidine rings is 1. The molecule has 1 aromatic rings. The summed E-state index contributed by atoms with van der Waals surface area (Å²) in [5, 5.41) is 10.2.